The Hall–Kier alpha value is -0.900. The van der Waals surface area contributed by atoms with Gasteiger partial charge in [-0.2, -0.15) is 0 Å². The summed E-state index contributed by atoms with van der Waals surface area (Å²) < 4.78 is 5.73. The third kappa shape index (κ3) is 2.10. The van der Waals surface area contributed by atoms with Crippen molar-refractivity contribution in [2.24, 2.45) is 0 Å². The molecule has 0 amide bonds. The molecule has 2 unspecified atom stereocenters. The molecule has 0 saturated carbocycles. The van der Waals surface area contributed by atoms with Crippen LogP contribution >= 0.6 is 0 Å². The van der Waals surface area contributed by atoms with Gasteiger partial charge in [0.25, 0.3) is 0 Å². The molecular weight excluding hydrogens is 212 g/mol. The van der Waals surface area contributed by atoms with Gasteiger partial charge in [0.1, 0.15) is 0 Å². The summed E-state index contributed by atoms with van der Waals surface area (Å²) in [5.41, 5.74) is 2.80. The van der Waals surface area contributed by atoms with Crippen LogP contribution in [-0.4, -0.2) is 37.7 Å². The zero-order valence-corrected chi connectivity index (χ0v) is 10.4. The first-order valence-corrected chi connectivity index (χ1v) is 6.44. The van der Waals surface area contributed by atoms with E-state index in [0.717, 1.165) is 26.3 Å². The zero-order chi connectivity index (χ0) is 11.7. The van der Waals surface area contributed by atoms with Crippen LogP contribution in [0.4, 0.5) is 0 Å². The van der Waals surface area contributed by atoms with Gasteiger partial charge in [-0.25, -0.2) is 0 Å². The summed E-state index contributed by atoms with van der Waals surface area (Å²) in [4.78, 5) is 2.48. The number of nitrogens with one attached hydrogen (secondary N) is 1. The van der Waals surface area contributed by atoms with E-state index < -0.39 is 0 Å². The van der Waals surface area contributed by atoms with E-state index in [1.165, 1.54) is 17.5 Å². The van der Waals surface area contributed by atoms with E-state index in [2.05, 4.69) is 41.5 Å². The summed E-state index contributed by atoms with van der Waals surface area (Å²) >= 11 is 0. The van der Waals surface area contributed by atoms with Crippen LogP contribution in [0.15, 0.2) is 24.3 Å². The average Bonchev–Trinajstić information content (AvgIpc) is 2.91. The van der Waals surface area contributed by atoms with Crippen LogP contribution in [0.25, 0.3) is 0 Å². The SMILES string of the molecule is CN(C1CCNC1)C1COCc2ccccc21. The molecule has 0 spiro atoms. The number of nitrogens with zero attached hydrogens (tertiary/aromatic N) is 1. The molecule has 17 heavy (non-hydrogen) atoms. The van der Waals surface area contributed by atoms with Crippen LogP contribution in [0.3, 0.4) is 0 Å². The van der Waals surface area contributed by atoms with Crippen LogP contribution < -0.4 is 5.32 Å². The average molecular weight is 232 g/mol. The van der Waals surface area contributed by atoms with Gasteiger partial charge in [-0.1, -0.05) is 24.3 Å². The van der Waals surface area contributed by atoms with Crippen molar-refractivity contribution in [3.05, 3.63) is 35.4 Å². The second kappa shape index (κ2) is 4.77. The Morgan fingerprint density at radius 3 is 3.06 bits per heavy atom. The maximum absolute atomic E-state index is 5.73. The molecule has 2 aliphatic rings. The molecule has 1 aromatic rings. The second-order valence-electron chi connectivity index (χ2n) is 5.04. The molecule has 3 rings (SSSR count). The molecule has 0 radical (unpaired) electrons. The van der Waals surface area contributed by atoms with Gasteiger partial charge in [-0.3, -0.25) is 4.90 Å². The predicted molar refractivity (Wildman–Crippen MR) is 67.9 cm³/mol. The van der Waals surface area contributed by atoms with Crippen LogP contribution in [0, 0.1) is 0 Å². The third-order valence-corrected chi connectivity index (χ3v) is 4.05. The molecule has 1 aromatic carbocycles. The normalized spacial score (nSPS) is 28.4. The summed E-state index contributed by atoms with van der Waals surface area (Å²) in [7, 11) is 2.23. The van der Waals surface area contributed by atoms with E-state index in [1.807, 2.05) is 0 Å². The van der Waals surface area contributed by atoms with E-state index in [4.69, 9.17) is 4.74 Å². The van der Waals surface area contributed by atoms with Gasteiger partial charge < -0.3 is 10.1 Å². The Bertz CT molecular complexity index is 388. The number of fused-ring (bicyclic) bond motifs is 1. The predicted octanol–water partition coefficient (Wildman–Crippen LogP) is 1.55. The molecule has 0 aliphatic carbocycles. The molecule has 1 fully saturated rings. The van der Waals surface area contributed by atoms with Crippen molar-refractivity contribution >= 4 is 0 Å². The van der Waals surface area contributed by atoms with Crippen molar-refractivity contribution in [2.75, 3.05) is 26.7 Å². The van der Waals surface area contributed by atoms with Crippen LogP contribution in [-0.2, 0) is 11.3 Å². The Morgan fingerprint density at radius 2 is 2.24 bits per heavy atom. The quantitative estimate of drug-likeness (QED) is 0.837. The third-order valence-electron chi connectivity index (χ3n) is 4.05. The van der Waals surface area contributed by atoms with E-state index in [9.17, 15) is 0 Å². The molecule has 1 saturated heterocycles. The molecule has 1 N–H and O–H groups in total. The van der Waals surface area contributed by atoms with Crippen molar-refractivity contribution in [3.63, 3.8) is 0 Å². The monoisotopic (exact) mass is 232 g/mol. The largest absolute Gasteiger partial charge is 0.375 e. The summed E-state index contributed by atoms with van der Waals surface area (Å²) in [5.74, 6) is 0. The molecule has 3 nitrogen and oxygen atoms in total. The molecule has 3 heteroatoms. The lowest BCUT2D eigenvalue weighted by molar-refractivity contribution is 0.0291. The molecule has 92 valence electrons. The van der Waals surface area contributed by atoms with Gasteiger partial charge >= 0.3 is 0 Å². The fourth-order valence-corrected chi connectivity index (χ4v) is 2.94. The van der Waals surface area contributed by atoms with E-state index >= 15 is 0 Å². The zero-order valence-electron chi connectivity index (χ0n) is 10.4. The van der Waals surface area contributed by atoms with Crippen LogP contribution in [0.5, 0.6) is 0 Å². The van der Waals surface area contributed by atoms with Crippen molar-refractivity contribution in [3.8, 4) is 0 Å². The van der Waals surface area contributed by atoms with E-state index in [0.29, 0.717) is 12.1 Å². The number of likely N-dealkylation sites (N-methyl/N-ethyl adjacent to an activating group) is 1. The first-order chi connectivity index (χ1) is 8.36. The van der Waals surface area contributed by atoms with Gasteiger partial charge in [-0.15, -0.1) is 0 Å². The highest BCUT2D eigenvalue weighted by Crippen LogP contribution is 2.30. The molecule has 2 aliphatic heterocycles. The minimum atomic E-state index is 0.421. The van der Waals surface area contributed by atoms with Crippen molar-refractivity contribution in [1.82, 2.24) is 10.2 Å². The summed E-state index contributed by atoms with van der Waals surface area (Å²) in [6.45, 7) is 3.84. The van der Waals surface area contributed by atoms with Gasteiger partial charge in [0.15, 0.2) is 0 Å². The molecular formula is C14H20N2O. The van der Waals surface area contributed by atoms with Gasteiger partial charge in [-0.05, 0) is 31.1 Å². The van der Waals surface area contributed by atoms with Crippen molar-refractivity contribution in [1.29, 1.82) is 0 Å². The van der Waals surface area contributed by atoms with Crippen molar-refractivity contribution < 1.29 is 4.74 Å². The summed E-state index contributed by atoms with van der Waals surface area (Å²) in [6, 6.07) is 9.74. The van der Waals surface area contributed by atoms with Crippen LogP contribution in [0.1, 0.15) is 23.6 Å². The number of rotatable bonds is 2. The Balaban J connectivity index is 1.84. The van der Waals surface area contributed by atoms with E-state index in [-0.39, 0.29) is 0 Å². The topological polar surface area (TPSA) is 24.5 Å². The fourth-order valence-electron chi connectivity index (χ4n) is 2.94. The fraction of sp³-hybridized carbons (Fsp3) is 0.571. The molecule has 2 atom stereocenters. The summed E-state index contributed by atoms with van der Waals surface area (Å²) in [5, 5.41) is 3.43. The smallest absolute Gasteiger partial charge is 0.0721 e. The van der Waals surface area contributed by atoms with Crippen LogP contribution in [0.2, 0.25) is 0 Å². The Morgan fingerprint density at radius 1 is 1.35 bits per heavy atom. The Labute approximate surface area is 103 Å². The first-order valence-electron chi connectivity index (χ1n) is 6.44. The maximum atomic E-state index is 5.73. The standard InChI is InChI=1S/C14H20N2O/c1-16(12-6-7-15-8-12)14-10-17-9-11-4-2-3-5-13(11)14/h2-5,12,14-15H,6-10H2,1H3. The first kappa shape index (κ1) is 11.2. The number of ether oxygens (including phenoxy) is 1. The summed E-state index contributed by atoms with van der Waals surface area (Å²) in [6.07, 6.45) is 1.25. The highest BCUT2D eigenvalue weighted by Gasteiger charge is 2.29. The number of hydrogen-bond acceptors (Lipinski definition) is 3. The molecule has 0 bridgehead atoms. The van der Waals surface area contributed by atoms with Gasteiger partial charge in [0.05, 0.1) is 19.3 Å². The number of hydrogen-bond donors (Lipinski definition) is 1. The molecule has 0 aromatic heterocycles. The highest BCUT2D eigenvalue weighted by atomic mass is 16.5. The lowest BCUT2D eigenvalue weighted by atomic mass is 9.97. The maximum Gasteiger partial charge on any atom is 0.0721 e. The minimum absolute atomic E-state index is 0.421. The molecule has 2 heterocycles. The second-order valence-corrected chi connectivity index (χ2v) is 5.04. The lowest BCUT2D eigenvalue weighted by Gasteiger charge is -2.36. The van der Waals surface area contributed by atoms with Gasteiger partial charge in [0.2, 0.25) is 0 Å². The van der Waals surface area contributed by atoms with Crippen molar-refractivity contribution in [2.45, 2.75) is 25.1 Å². The van der Waals surface area contributed by atoms with E-state index in [1.54, 1.807) is 0 Å². The highest BCUT2D eigenvalue weighted by molar-refractivity contribution is 5.31. The number of benzene rings is 1. The lowest BCUT2D eigenvalue weighted by Crippen LogP contribution is -2.40. The minimum Gasteiger partial charge on any atom is -0.375 e. The van der Waals surface area contributed by atoms with Gasteiger partial charge in [0, 0.05) is 12.6 Å². The Kier molecular flexibility index (Phi) is 3.14.